The Labute approximate surface area is 61.6 Å². The number of nitrogens with one attached hydrogen (secondary N) is 2. The van der Waals surface area contributed by atoms with E-state index in [9.17, 15) is 9.70 Å². The van der Waals surface area contributed by atoms with Crippen LogP contribution in [0, 0.1) is 4.91 Å². The second-order valence-electron chi connectivity index (χ2n) is 1.91. The van der Waals surface area contributed by atoms with Crippen molar-refractivity contribution in [2.45, 2.75) is 6.42 Å². The number of aliphatic imine (C=N–C) groups is 1. The van der Waals surface area contributed by atoms with E-state index in [-0.39, 0.29) is 11.9 Å². The van der Waals surface area contributed by atoms with Crippen molar-refractivity contribution in [3.05, 3.63) is 4.91 Å². The molecule has 0 radical (unpaired) electrons. The van der Waals surface area contributed by atoms with E-state index in [1.807, 2.05) is 5.43 Å². The molecule has 0 aliphatic carbocycles. The first kappa shape index (κ1) is 7.45. The first-order chi connectivity index (χ1) is 5.18. The molecule has 0 saturated carbocycles. The molecule has 1 heterocycles. The number of rotatable bonds is 1. The lowest BCUT2D eigenvalue weighted by Gasteiger charge is -2.07. The van der Waals surface area contributed by atoms with Crippen molar-refractivity contribution in [1.29, 1.82) is 0 Å². The molecule has 1 rings (SSSR count). The van der Waals surface area contributed by atoms with Crippen molar-refractivity contribution in [2.75, 3.05) is 6.54 Å². The Morgan fingerprint density at radius 2 is 2.45 bits per heavy atom. The first-order valence-electron chi connectivity index (χ1n) is 2.95. The van der Waals surface area contributed by atoms with E-state index in [1.54, 1.807) is 0 Å². The molecule has 0 unspecified atom stereocenters. The van der Waals surface area contributed by atoms with Crippen LogP contribution in [0.3, 0.4) is 0 Å². The van der Waals surface area contributed by atoms with Crippen LogP contribution in [0.15, 0.2) is 4.99 Å². The van der Waals surface area contributed by atoms with E-state index in [0.29, 0.717) is 13.0 Å². The topological polar surface area (TPSA) is 93.8 Å². The minimum absolute atomic E-state index is 0.0289. The van der Waals surface area contributed by atoms with Crippen molar-refractivity contribution < 1.29 is 15.0 Å². The highest BCUT2D eigenvalue weighted by Gasteiger charge is 2.16. The van der Waals surface area contributed by atoms with Gasteiger partial charge in [0.05, 0.1) is 6.54 Å². The van der Waals surface area contributed by atoms with Crippen molar-refractivity contribution in [1.82, 2.24) is 10.7 Å². The van der Waals surface area contributed by atoms with Gasteiger partial charge in [0.2, 0.25) is 5.91 Å². The van der Waals surface area contributed by atoms with Crippen LogP contribution < -0.4 is 10.7 Å². The second-order valence-corrected chi connectivity index (χ2v) is 1.91. The van der Waals surface area contributed by atoms with Gasteiger partial charge >= 0.3 is 5.03 Å². The maximum absolute atomic E-state index is 10.6. The smallest absolute Gasteiger partial charge is 0.292 e. The molecule has 3 N–H and O–H groups in total. The zero-order chi connectivity index (χ0) is 8.27. The fraction of sp³-hybridized carbons (Fsp3) is 0.500. The van der Waals surface area contributed by atoms with Crippen LogP contribution in [0.1, 0.15) is 6.42 Å². The molecular formula is C4H7N4O3+. The van der Waals surface area contributed by atoms with Crippen molar-refractivity contribution in [3.8, 4) is 0 Å². The Balaban J connectivity index is 2.51. The Bertz CT molecular complexity index is 223. The normalized spacial score (nSPS) is 16.7. The van der Waals surface area contributed by atoms with Gasteiger partial charge in [-0.05, 0) is 5.43 Å². The molecule has 0 spiro atoms. The van der Waals surface area contributed by atoms with Crippen molar-refractivity contribution in [2.24, 2.45) is 4.99 Å². The standard InChI is InChI=1S/C4H6N4O3/c9-3-1-2-5-4(6-3)7-8(10)11/h1-2H2,(H2-,5,6,7,9,10,11)/p+1. The van der Waals surface area contributed by atoms with E-state index in [0.717, 1.165) is 0 Å². The summed E-state index contributed by atoms with van der Waals surface area (Å²) in [5.41, 5.74) is 1.86. The summed E-state index contributed by atoms with van der Waals surface area (Å²) in [5.74, 6) is -0.261. The number of nitrogens with zero attached hydrogens (tertiary/aromatic N) is 2. The molecule has 7 heteroatoms. The minimum atomic E-state index is -0.523. The summed E-state index contributed by atoms with van der Waals surface area (Å²) in [4.78, 5) is 24.3. The molecule has 0 atom stereocenters. The SMILES string of the molecule is O=C1CCN=C(N[N+](=O)O)N1. The van der Waals surface area contributed by atoms with Crippen LogP contribution in [0.2, 0.25) is 0 Å². The highest BCUT2D eigenvalue weighted by atomic mass is 16.7. The number of guanidine groups is 1. The highest BCUT2D eigenvalue weighted by Crippen LogP contribution is 1.88. The first-order valence-corrected chi connectivity index (χ1v) is 2.95. The fourth-order valence-corrected chi connectivity index (χ4v) is 0.657. The summed E-state index contributed by atoms with van der Waals surface area (Å²) in [5, 5.41) is 9.85. The van der Waals surface area contributed by atoms with Crippen molar-refractivity contribution >= 4 is 11.9 Å². The van der Waals surface area contributed by atoms with Gasteiger partial charge in [-0.3, -0.25) is 10.1 Å². The average molecular weight is 159 g/mol. The molecule has 0 aromatic rings. The summed E-state index contributed by atoms with van der Waals surface area (Å²) in [7, 11) is 0. The highest BCUT2D eigenvalue weighted by molar-refractivity contribution is 5.98. The van der Waals surface area contributed by atoms with Gasteiger partial charge in [-0.1, -0.05) is 0 Å². The molecule has 60 valence electrons. The molecule has 1 amide bonds. The van der Waals surface area contributed by atoms with E-state index < -0.39 is 5.03 Å². The molecule has 0 bridgehead atoms. The van der Waals surface area contributed by atoms with Crippen LogP contribution in [-0.2, 0) is 4.79 Å². The van der Waals surface area contributed by atoms with Gasteiger partial charge in [0.1, 0.15) is 4.91 Å². The molecule has 0 aromatic heterocycles. The summed E-state index contributed by atoms with van der Waals surface area (Å²) >= 11 is 0. The lowest BCUT2D eigenvalue weighted by Crippen LogP contribution is -2.46. The summed E-state index contributed by atoms with van der Waals surface area (Å²) < 4.78 is 0. The fourth-order valence-electron chi connectivity index (χ4n) is 0.657. The lowest BCUT2D eigenvalue weighted by molar-refractivity contribution is -0.822. The quantitative estimate of drug-likeness (QED) is 0.407. The number of carbonyl (C=O) groups is 1. The average Bonchev–Trinajstić information content (AvgIpc) is 1.85. The Kier molecular flexibility index (Phi) is 2.00. The van der Waals surface area contributed by atoms with Crippen molar-refractivity contribution in [3.63, 3.8) is 0 Å². The summed E-state index contributed by atoms with van der Waals surface area (Å²) in [6.07, 6.45) is 0.301. The van der Waals surface area contributed by atoms with E-state index in [1.165, 1.54) is 0 Å². The van der Waals surface area contributed by atoms with Gasteiger partial charge < -0.3 is 0 Å². The van der Waals surface area contributed by atoms with Crippen LogP contribution in [-0.4, -0.2) is 28.7 Å². The number of hydrogen-bond donors (Lipinski definition) is 3. The molecule has 7 nitrogen and oxygen atoms in total. The van der Waals surface area contributed by atoms with Gasteiger partial charge in [0.25, 0.3) is 5.96 Å². The number of amides is 1. The molecule has 1 aliphatic rings. The van der Waals surface area contributed by atoms with Crippen LogP contribution in [0.25, 0.3) is 0 Å². The maximum atomic E-state index is 10.6. The third kappa shape index (κ3) is 2.20. The maximum Gasteiger partial charge on any atom is 0.362 e. The van der Waals surface area contributed by atoms with Crippen LogP contribution in [0.4, 0.5) is 0 Å². The van der Waals surface area contributed by atoms with E-state index >= 15 is 0 Å². The van der Waals surface area contributed by atoms with E-state index in [2.05, 4.69) is 10.3 Å². The predicted molar refractivity (Wildman–Crippen MR) is 33.6 cm³/mol. The van der Waals surface area contributed by atoms with Gasteiger partial charge in [-0.25, -0.2) is 10.2 Å². The second kappa shape index (κ2) is 2.95. The monoisotopic (exact) mass is 159 g/mol. The predicted octanol–water partition coefficient (Wildman–Crippen LogP) is -1.46. The third-order valence-corrected chi connectivity index (χ3v) is 1.07. The van der Waals surface area contributed by atoms with Gasteiger partial charge in [-0.2, -0.15) is 0 Å². The molecule has 0 fully saturated rings. The molecule has 0 saturated heterocycles. The molecular weight excluding hydrogens is 152 g/mol. The third-order valence-electron chi connectivity index (χ3n) is 1.07. The number of carbonyl (C=O) groups excluding carboxylic acids is 1. The zero-order valence-corrected chi connectivity index (χ0v) is 5.57. The molecule has 11 heavy (non-hydrogen) atoms. The number of hydrogen-bond acceptors (Lipinski definition) is 3. The molecule has 0 aromatic carbocycles. The van der Waals surface area contributed by atoms with Crippen LogP contribution >= 0.6 is 0 Å². The largest absolute Gasteiger partial charge is 0.362 e. The van der Waals surface area contributed by atoms with E-state index in [4.69, 9.17) is 5.21 Å². The molecule has 1 aliphatic heterocycles. The van der Waals surface area contributed by atoms with Crippen LogP contribution in [0.5, 0.6) is 0 Å². The lowest BCUT2D eigenvalue weighted by atomic mass is 10.4. The Morgan fingerprint density at radius 1 is 1.73 bits per heavy atom. The zero-order valence-electron chi connectivity index (χ0n) is 5.57. The Morgan fingerprint density at radius 3 is 3.00 bits per heavy atom. The Hall–Kier alpha value is -1.66. The van der Waals surface area contributed by atoms with Gasteiger partial charge in [0, 0.05) is 6.42 Å². The van der Waals surface area contributed by atoms with Gasteiger partial charge in [-0.15, -0.1) is 0 Å². The summed E-state index contributed by atoms with van der Waals surface area (Å²) in [6, 6.07) is 0. The summed E-state index contributed by atoms with van der Waals surface area (Å²) in [6.45, 7) is 0.321. The van der Waals surface area contributed by atoms with Gasteiger partial charge in [0.15, 0.2) is 0 Å². The minimum Gasteiger partial charge on any atom is -0.292 e. The number of hydrazine groups is 1.